The molecule has 1 aromatic heterocycles. The Labute approximate surface area is 158 Å². The van der Waals surface area contributed by atoms with Gasteiger partial charge in [-0.05, 0) is 47.9 Å². The smallest absolute Gasteiger partial charge is 0.117 e. The number of aryl methyl sites for hydroxylation is 1. The number of hydrogen-bond donors (Lipinski definition) is 0. The van der Waals surface area contributed by atoms with E-state index in [2.05, 4.69) is 87.7 Å². The molecule has 138 valence electrons. The Morgan fingerprint density at radius 2 is 1.54 bits per heavy atom. The van der Waals surface area contributed by atoms with Crippen LogP contribution in [0, 0.1) is 11.8 Å². The van der Waals surface area contributed by atoms with Gasteiger partial charge in [-0.2, -0.15) is 0 Å². The van der Waals surface area contributed by atoms with Gasteiger partial charge in [-0.15, -0.1) is 0 Å². The number of para-hydroxylation sites is 2. The second kappa shape index (κ2) is 8.07. The van der Waals surface area contributed by atoms with E-state index in [4.69, 9.17) is 4.98 Å². The number of rotatable bonds is 7. The van der Waals surface area contributed by atoms with Crippen molar-refractivity contribution < 1.29 is 0 Å². The molecule has 2 nitrogen and oxygen atoms in total. The van der Waals surface area contributed by atoms with Crippen molar-refractivity contribution in [3.8, 4) is 0 Å². The van der Waals surface area contributed by atoms with E-state index in [0.29, 0.717) is 17.8 Å². The molecule has 0 saturated carbocycles. The predicted octanol–water partition coefficient (Wildman–Crippen LogP) is 6.43. The Morgan fingerprint density at radius 3 is 2.19 bits per heavy atom. The highest BCUT2D eigenvalue weighted by molar-refractivity contribution is 5.76. The van der Waals surface area contributed by atoms with E-state index in [1.54, 1.807) is 0 Å². The van der Waals surface area contributed by atoms with Crippen LogP contribution >= 0.6 is 0 Å². The van der Waals surface area contributed by atoms with Gasteiger partial charge in [0.15, 0.2) is 0 Å². The normalized spacial score (nSPS) is 13.0. The first kappa shape index (κ1) is 18.7. The van der Waals surface area contributed by atoms with Gasteiger partial charge in [0.25, 0.3) is 0 Å². The molecular formula is C24H32N2. The fourth-order valence-corrected chi connectivity index (χ4v) is 3.61. The van der Waals surface area contributed by atoms with Gasteiger partial charge in [0.2, 0.25) is 0 Å². The monoisotopic (exact) mass is 348 g/mol. The molecule has 2 aromatic carbocycles. The van der Waals surface area contributed by atoms with Crippen molar-refractivity contribution in [2.24, 2.45) is 11.8 Å². The maximum absolute atomic E-state index is 5.00. The average molecular weight is 349 g/mol. The molecule has 0 spiro atoms. The van der Waals surface area contributed by atoms with Gasteiger partial charge in [0, 0.05) is 12.5 Å². The minimum atomic E-state index is 0.294. The molecule has 3 rings (SSSR count). The molecule has 26 heavy (non-hydrogen) atoms. The maximum Gasteiger partial charge on any atom is 0.117 e. The Bertz CT molecular complexity index is 840. The van der Waals surface area contributed by atoms with Crippen LogP contribution in [0.2, 0.25) is 0 Å². The lowest BCUT2D eigenvalue weighted by molar-refractivity contribution is 0.508. The third-order valence-electron chi connectivity index (χ3n) is 5.13. The fraction of sp³-hybridized carbons (Fsp3) is 0.458. The molecule has 1 atom stereocenters. The predicted molar refractivity (Wildman–Crippen MR) is 112 cm³/mol. The van der Waals surface area contributed by atoms with Crippen molar-refractivity contribution in [3.63, 3.8) is 0 Å². The van der Waals surface area contributed by atoms with Crippen LogP contribution in [-0.2, 0) is 13.0 Å². The molecule has 0 saturated heterocycles. The summed E-state index contributed by atoms with van der Waals surface area (Å²) in [5.41, 5.74) is 5.13. The molecule has 0 aliphatic heterocycles. The van der Waals surface area contributed by atoms with E-state index in [1.807, 2.05) is 0 Å². The average Bonchev–Trinajstić information content (AvgIpc) is 2.98. The highest BCUT2D eigenvalue weighted by atomic mass is 15.1. The summed E-state index contributed by atoms with van der Waals surface area (Å²) in [4.78, 5) is 5.00. The van der Waals surface area contributed by atoms with Crippen molar-refractivity contribution in [2.45, 2.75) is 59.9 Å². The van der Waals surface area contributed by atoms with Crippen LogP contribution in [0.25, 0.3) is 11.0 Å². The van der Waals surface area contributed by atoms with Gasteiger partial charge in [-0.3, -0.25) is 0 Å². The molecule has 0 bridgehead atoms. The second-order valence-corrected chi connectivity index (χ2v) is 8.35. The van der Waals surface area contributed by atoms with E-state index >= 15 is 0 Å². The summed E-state index contributed by atoms with van der Waals surface area (Å²) in [5.74, 6) is 2.86. The molecule has 0 fully saturated rings. The molecule has 2 heteroatoms. The summed E-state index contributed by atoms with van der Waals surface area (Å²) in [6.45, 7) is 12.4. The van der Waals surface area contributed by atoms with Crippen LogP contribution in [-0.4, -0.2) is 9.55 Å². The van der Waals surface area contributed by atoms with Crippen molar-refractivity contribution in [1.82, 2.24) is 9.55 Å². The number of hydrogen-bond acceptors (Lipinski definition) is 1. The van der Waals surface area contributed by atoms with Gasteiger partial charge in [0.05, 0.1) is 11.0 Å². The number of nitrogens with zero attached hydrogens (tertiary/aromatic N) is 2. The van der Waals surface area contributed by atoms with Crippen LogP contribution < -0.4 is 0 Å². The summed E-state index contributed by atoms with van der Waals surface area (Å²) in [6, 6.07) is 17.7. The summed E-state index contributed by atoms with van der Waals surface area (Å²) < 4.78 is 2.43. The molecule has 0 unspecified atom stereocenters. The molecule has 0 aliphatic carbocycles. The molecule has 0 N–H and O–H groups in total. The summed E-state index contributed by atoms with van der Waals surface area (Å²) >= 11 is 0. The molecule has 1 heterocycles. The largest absolute Gasteiger partial charge is 0.327 e. The minimum Gasteiger partial charge on any atom is -0.327 e. The Hall–Kier alpha value is -2.09. The lowest BCUT2D eigenvalue weighted by Crippen LogP contribution is -2.10. The van der Waals surface area contributed by atoms with Gasteiger partial charge < -0.3 is 4.57 Å². The fourth-order valence-electron chi connectivity index (χ4n) is 3.61. The van der Waals surface area contributed by atoms with E-state index < -0.39 is 0 Å². The third-order valence-corrected chi connectivity index (χ3v) is 5.13. The van der Waals surface area contributed by atoms with E-state index in [1.165, 1.54) is 28.9 Å². The number of imidazole rings is 1. The van der Waals surface area contributed by atoms with Crippen molar-refractivity contribution in [2.75, 3.05) is 0 Å². The number of fused-ring (bicyclic) bond motifs is 1. The zero-order valence-electron chi connectivity index (χ0n) is 16.9. The molecular weight excluding hydrogens is 316 g/mol. The topological polar surface area (TPSA) is 17.8 Å². The maximum atomic E-state index is 5.00. The van der Waals surface area contributed by atoms with E-state index in [0.717, 1.165) is 18.5 Å². The lowest BCUT2D eigenvalue weighted by Gasteiger charge is -2.17. The number of aromatic nitrogens is 2. The minimum absolute atomic E-state index is 0.294. The first-order valence-electron chi connectivity index (χ1n) is 9.99. The molecule has 3 aromatic rings. The lowest BCUT2D eigenvalue weighted by atomic mass is 9.96. The second-order valence-electron chi connectivity index (χ2n) is 8.35. The van der Waals surface area contributed by atoms with Gasteiger partial charge in [-0.25, -0.2) is 4.98 Å². The van der Waals surface area contributed by atoms with Crippen LogP contribution in [0.4, 0.5) is 0 Å². The van der Waals surface area contributed by atoms with Crippen molar-refractivity contribution in [3.05, 3.63) is 65.5 Å². The highest BCUT2D eigenvalue weighted by Crippen LogP contribution is 2.28. The van der Waals surface area contributed by atoms with E-state index in [9.17, 15) is 0 Å². The van der Waals surface area contributed by atoms with Crippen LogP contribution in [0.1, 0.15) is 63.9 Å². The number of benzene rings is 2. The Kier molecular flexibility index (Phi) is 5.80. The first-order valence-corrected chi connectivity index (χ1v) is 9.99. The summed E-state index contributed by atoms with van der Waals surface area (Å²) in [7, 11) is 0. The molecule has 0 aliphatic rings. The zero-order valence-corrected chi connectivity index (χ0v) is 16.9. The van der Waals surface area contributed by atoms with Crippen LogP contribution in [0.3, 0.4) is 0 Å². The molecule has 0 radical (unpaired) electrons. The van der Waals surface area contributed by atoms with Gasteiger partial charge in [-0.1, -0.05) is 71.0 Å². The Balaban J connectivity index is 1.94. The third kappa shape index (κ3) is 4.17. The van der Waals surface area contributed by atoms with Crippen molar-refractivity contribution in [1.29, 1.82) is 0 Å². The van der Waals surface area contributed by atoms with Crippen LogP contribution in [0.15, 0.2) is 48.5 Å². The first-order chi connectivity index (χ1) is 12.5. The van der Waals surface area contributed by atoms with E-state index in [-0.39, 0.29) is 0 Å². The Morgan fingerprint density at radius 1 is 0.846 bits per heavy atom. The van der Waals surface area contributed by atoms with Crippen molar-refractivity contribution >= 4 is 11.0 Å². The van der Waals surface area contributed by atoms with Gasteiger partial charge in [0.1, 0.15) is 5.82 Å². The SMILES string of the molecule is CC(C)CCn1c([C@@H](C)c2ccc(CC(C)C)cc2)nc2ccccc21. The van der Waals surface area contributed by atoms with Crippen LogP contribution in [0.5, 0.6) is 0 Å². The summed E-state index contributed by atoms with van der Waals surface area (Å²) in [5, 5.41) is 0. The quantitative estimate of drug-likeness (QED) is 0.481. The molecule has 0 amide bonds. The highest BCUT2D eigenvalue weighted by Gasteiger charge is 2.18. The standard InChI is InChI=1S/C24H32N2/c1-17(2)14-15-26-23-9-7-6-8-22(23)25-24(26)19(5)21-12-10-20(11-13-21)16-18(3)4/h6-13,17-19H,14-16H2,1-5H3/t19-/m0/s1. The zero-order chi connectivity index (χ0) is 18.7. The summed E-state index contributed by atoms with van der Waals surface area (Å²) in [6.07, 6.45) is 2.31. The van der Waals surface area contributed by atoms with Gasteiger partial charge >= 0.3 is 0 Å².